The standard InChI is InChI=1S/C18H19ClN2O2/c1-3-17(14-7-5-4-6-8-14)20-21-18(22)12-23-15-9-10-16(19)13(2)11-15/h4-11H,3,12H2,1-2H3,(H,21,22). The Balaban J connectivity index is 1.91. The summed E-state index contributed by atoms with van der Waals surface area (Å²) in [6.45, 7) is 3.77. The summed E-state index contributed by atoms with van der Waals surface area (Å²) in [4.78, 5) is 11.9. The third-order valence-corrected chi connectivity index (χ3v) is 3.68. The minimum absolute atomic E-state index is 0.101. The van der Waals surface area contributed by atoms with Crippen LogP contribution in [0.1, 0.15) is 24.5 Å². The summed E-state index contributed by atoms with van der Waals surface area (Å²) in [6.07, 6.45) is 0.724. The van der Waals surface area contributed by atoms with E-state index in [1.54, 1.807) is 18.2 Å². The molecule has 0 heterocycles. The van der Waals surface area contributed by atoms with E-state index in [2.05, 4.69) is 10.5 Å². The first kappa shape index (κ1) is 17.0. The predicted molar refractivity (Wildman–Crippen MR) is 93.1 cm³/mol. The fraction of sp³-hybridized carbons (Fsp3) is 0.222. The van der Waals surface area contributed by atoms with Crippen molar-refractivity contribution < 1.29 is 9.53 Å². The van der Waals surface area contributed by atoms with Crippen LogP contribution in [-0.4, -0.2) is 18.2 Å². The van der Waals surface area contributed by atoms with E-state index in [1.165, 1.54) is 0 Å². The van der Waals surface area contributed by atoms with Crippen molar-refractivity contribution in [3.63, 3.8) is 0 Å². The van der Waals surface area contributed by atoms with Crippen molar-refractivity contribution in [2.45, 2.75) is 20.3 Å². The molecule has 2 aromatic rings. The van der Waals surface area contributed by atoms with E-state index in [9.17, 15) is 4.79 Å². The maximum Gasteiger partial charge on any atom is 0.277 e. The Morgan fingerprint density at radius 2 is 1.96 bits per heavy atom. The van der Waals surface area contributed by atoms with Crippen LogP contribution in [0.15, 0.2) is 53.6 Å². The van der Waals surface area contributed by atoms with Crippen molar-refractivity contribution in [2.24, 2.45) is 5.10 Å². The van der Waals surface area contributed by atoms with Gasteiger partial charge in [-0.15, -0.1) is 0 Å². The molecule has 4 nitrogen and oxygen atoms in total. The molecule has 0 fully saturated rings. The van der Waals surface area contributed by atoms with Gasteiger partial charge in [-0.05, 0) is 42.7 Å². The number of halogens is 1. The molecule has 0 bridgehead atoms. The van der Waals surface area contributed by atoms with Gasteiger partial charge >= 0.3 is 0 Å². The minimum Gasteiger partial charge on any atom is -0.484 e. The number of benzene rings is 2. The first-order valence-corrected chi connectivity index (χ1v) is 7.77. The smallest absolute Gasteiger partial charge is 0.277 e. The molecule has 23 heavy (non-hydrogen) atoms. The number of hydrogen-bond acceptors (Lipinski definition) is 3. The van der Waals surface area contributed by atoms with Crippen LogP contribution in [0, 0.1) is 6.92 Å². The highest BCUT2D eigenvalue weighted by atomic mass is 35.5. The van der Waals surface area contributed by atoms with Gasteiger partial charge in [0.15, 0.2) is 6.61 Å². The van der Waals surface area contributed by atoms with E-state index in [0.29, 0.717) is 10.8 Å². The number of rotatable bonds is 6. The monoisotopic (exact) mass is 330 g/mol. The van der Waals surface area contributed by atoms with Crippen molar-refractivity contribution in [3.05, 3.63) is 64.7 Å². The van der Waals surface area contributed by atoms with E-state index in [4.69, 9.17) is 16.3 Å². The van der Waals surface area contributed by atoms with E-state index in [0.717, 1.165) is 23.3 Å². The van der Waals surface area contributed by atoms with Gasteiger partial charge in [-0.25, -0.2) is 5.43 Å². The van der Waals surface area contributed by atoms with Crippen molar-refractivity contribution in [3.8, 4) is 5.75 Å². The molecule has 0 radical (unpaired) electrons. The van der Waals surface area contributed by atoms with Gasteiger partial charge < -0.3 is 4.74 Å². The number of nitrogens with one attached hydrogen (secondary N) is 1. The average molecular weight is 331 g/mol. The Labute approximate surface area is 141 Å². The summed E-state index contributed by atoms with van der Waals surface area (Å²) in [5.74, 6) is 0.296. The Morgan fingerprint density at radius 3 is 2.61 bits per heavy atom. The number of carbonyl (C=O) groups excluding carboxylic acids is 1. The van der Waals surface area contributed by atoms with Gasteiger partial charge in [0.2, 0.25) is 0 Å². The van der Waals surface area contributed by atoms with Crippen LogP contribution in [-0.2, 0) is 4.79 Å². The fourth-order valence-corrected chi connectivity index (χ4v) is 2.11. The second-order valence-corrected chi connectivity index (χ2v) is 5.42. The molecule has 0 atom stereocenters. The number of amides is 1. The maximum atomic E-state index is 11.9. The highest BCUT2D eigenvalue weighted by molar-refractivity contribution is 6.31. The summed E-state index contributed by atoms with van der Waals surface area (Å²) >= 11 is 5.95. The lowest BCUT2D eigenvalue weighted by atomic mass is 10.1. The van der Waals surface area contributed by atoms with E-state index >= 15 is 0 Å². The zero-order chi connectivity index (χ0) is 16.7. The number of hydrazone groups is 1. The third kappa shape index (κ3) is 5.11. The number of nitrogens with zero attached hydrogens (tertiary/aromatic N) is 1. The SMILES string of the molecule is CCC(=NNC(=O)COc1ccc(Cl)c(C)c1)c1ccccc1. The number of hydrogen-bond donors (Lipinski definition) is 1. The van der Waals surface area contributed by atoms with Crippen molar-refractivity contribution in [1.82, 2.24) is 5.43 Å². The zero-order valence-electron chi connectivity index (χ0n) is 13.2. The second-order valence-electron chi connectivity index (χ2n) is 5.01. The summed E-state index contributed by atoms with van der Waals surface area (Å²) in [5.41, 5.74) is 5.24. The first-order chi connectivity index (χ1) is 11.1. The molecule has 1 N–H and O–H groups in total. The van der Waals surface area contributed by atoms with Crippen LogP contribution >= 0.6 is 11.6 Å². The Bertz CT molecular complexity index is 699. The molecule has 0 saturated heterocycles. The Hall–Kier alpha value is -2.33. The maximum absolute atomic E-state index is 11.9. The molecule has 0 unspecified atom stereocenters. The van der Waals surface area contributed by atoms with Gasteiger partial charge in [0.1, 0.15) is 5.75 Å². The lowest BCUT2D eigenvalue weighted by molar-refractivity contribution is -0.123. The van der Waals surface area contributed by atoms with Gasteiger partial charge in [0, 0.05) is 5.02 Å². The van der Waals surface area contributed by atoms with E-state index in [1.807, 2.05) is 44.2 Å². The van der Waals surface area contributed by atoms with Crippen LogP contribution in [0.25, 0.3) is 0 Å². The second kappa shape index (κ2) is 8.34. The van der Waals surface area contributed by atoms with Crippen molar-refractivity contribution >= 4 is 23.2 Å². The highest BCUT2D eigenvalue weighted by Crippen LogP contribution is 2.20. The highest BCUT2D eigenvalue weighted by Gasteiger charge is 2.05. The minimum atomic E-state index is -0.306. The molecule has 0 saturated carbocycles. The molecule has 0 spiro atoms. The third-order valence-electron chi connectivity index (χ3n) is 3.26. The van der Waals surface area contributed by atoms with E-state index < -0.39 is 0 Å². The summed E-state index contributed by atoms with van der Waals surface area (Å²) in [5, 5.41) is 4.84. The topological polar surface area (TPSA) is 50.7 Å². The molecule has 1 amide bonds. The molecule has 0 aliphatic rings. The normalized spacial score (nSPS) is 11.2. The fourth-order valence-electron chi connectivity index (χ4n) is 2.00. The van der Waals surface area contributed by atoms with Crippen LogP contribution in [0.3, 0.4) is 0 Å². The lowest BCUT2D eigenvalue weighted by Gasteiger charge is -2.08. The van der Waals surface area contributed by atoms with Crippen LogP contribution in [0.2, 0.25) is 5.02 Å². The van der Waals surface area contributed by atoms with Crippen LogP contribution < -0.4 is 10.2 Å². The molecule has 0 aromatic heterocycles. The Morgan fingerprint density at radius 1 is 1.22 bits per heavy atom. The molecule has 0 aliphatic heterocycles. The quantitative estimate of drug-likeness (QED) is 0.644. The molecule has 2 rings (SSSR count). The van der Waals surface area contributed by atoms with Crippen molar-refractivity contribution in [1.29, 1.82) is 0 Å². The molecular formula is C18H19ClN2O2. The Kier molecular flexibility index (Phi) is 6.18. The number of aryl methyl sites for hydroxylation is 1. The average Bonchev–Trinajstić information content (AvgIpc) is 2.57. The van der Waals surface area contributed by atoms with Crippen LogP contribution in [0.5, 0.6) is 5.75 Å². The molecule has 2 aromatic carbocycles. The largest absolute Gasteiger partial charge is 0.484 e. The summed E-state index contributed by atoms with van der Waals surface area (Å²) in [6, 6.07) is 15.0. The van der Waals surface area contributed by atoms with Gasteiger partial charge in [-0.3, -0.25) is 4.79 Å². The summed E-state index contributed by atoms with van der Waals surface area (Å²) in [7, 11) is 0. The van der Waals surface area contributed by atoms with E-state index in [-0.39, 0.29) is 12.5 Å². The predicted octanol–water partition coefficient (Wildman–Crippen LogP) is 3.96. The number of ether oxygens (including phenoxy) is 1. The lowest BCUT2D eigenvalue weighted by Crippen LogP contribution is -2.26. The first-order valence-electron chi connectivity index (χ1n) is 7.40. The molecule has 0 aliphatic carbocycles. The zero-order valence-corrected chi connectivity index (χ0v) is 13.9. The molecule has 120 valence electrons. The summed E-state index contributed by atoms with van der Waals surface area (Å²) < 4.78 is 5.44. The van der Waals surface area contributed by atoms with Gasteiger partial charge in [-0.2, -0.15) is 5.10 Å². The molecule has 5 heteroatoms. The van der Waals surface area contributed by atoms with Gasteiger partial charge in [-0.1, -0.05) is 48.9 Å². The number of carbonyl (C=O) groups is 1. The van der Waals surface area contributed by atoms with Crippen molar-refractivity contribution in [2.75, 3.05) is 6.61 Å². The molecular weight excluding hydrogens is 312 g/mol. The van der Waals surface area contributed by atoms with Crippen LogP contribution in [0.4, 0.5) is 0 Å². The van der Waals surface area contributed by atoms with Gasteiger partial charge in [0.25, 0.3) is 5.91 Å². The van der Waals surface area contributed by atoms with Gasteiger partial charge in [0.05, 0.1) is 5.71 Å².